The van der Waals surface area contributed by atoms with Gasteiger partial charge in [-0.3, -0.25) is 4.79 Å². The molecule has 1 saturated heterocycles. The molecule has 0 aromatic heterocycles. The zero-order chi connectivity index (χ0) is 14.4. The van der Waals surface area contributed by atoms with Crippen molar-refractivity contribution in [1.29, 1.82) is 0 Å². The standard InChI is InChI=1S/C16H31N3O/c1-19-10-6-14(7-11-19)12-18-15(20)16(13-17)8-4-2-3-5-9-16/h14H,2-13,17H2,1H3,(H,18,20). The number of nitrogens with one attached hydrogen (secondary N) is 1. The lowest BCUT2D eigenvalue weighted by atomic mass is 9.79. The van der Waals surface area contributed by atoms with Crippen LogP contribution in [0, 0.1) is 11.3 Å². The molecule has 1 amide bonds. The number of carbonyl (C=O) groups excluding carboxylic acids is 1. The second-order valence-corrected chi connectivity index (χ2v) is 6.86. The fraction of sp³-hybridized carbons (Fsp3) is 0.938. The Morgan fingerprint density at radius 2 is 1.80 bits per heavy atom. The van der Waals surface area contributed by atoms with E-state index in [0.717, 1.165) is 45.3 Å². The van der Waals surface area contributed by atoms with Gasteiger partial charge >= 0.3 is 0 Å². The fourth-order valence-electron chi connectivity index (χ4n) is 3.62. The molecule has 116 valence electrons. The molecule has 0 spiro atoms. The molecule has 0 bridgehead atoms. The third kappa shape index (κ3) is 3.95. The van der Waals surface area contributed by atoms with Crippen LogP contribution >= 0.6 is 0 Å². The van der Waals surface area contributed by atoms with Crippen LogP contribution < -0.4 is 11.1 Å². The molecule has 2 aliphatic rings. The van der Waals surface area contributed by atoms with Gasteiger partial charge in [-0.2, -0.15) is 0 Å². The first kappa shape index (κ1) is 15.8. The Balaban J connectivity index is 1.82. The van der Waals surface area contributed by atoms with Crippen molar-refractivity contribution in [2.45, 2.75) is 51.4 Å². The quantitative estimate of drug-likeness (QED) is 0.772. The Bertz CT molecular complexity index is 303. The van der Waals surface area contributed by atoms with Crippen molar-refractivity contribution in [3.8, 4) is 0 Å². The van der Waals surface area contributed by atoms with Gasteiger partial charge in [-0.15, -0.1) is 0 Å². The Morgan fingerprint density at radius 1 is 1.20 bits per heavy atom. The number of nitrogens with zero attached hydrogens (tertiary/aromatic N) is 1. The molecule has 20 heavy (non-hydrogen) atoms. The van der Waals surface area contributed by atoms with E-state index in [1.165, 1.54) is 25.7 Å². The Labute approximate surface area is 123 Å². The molecular formula is C16H31N3O. The number of hydrogen-bond acceptors (Lipinski definition) is 3. The van der Waals surface area contributed by atoms with Crippen LogP contribution in [0.25, 0.3) is 0 Å². The van der Waals surface area contributed by atoms with Crippen LogP contribution in [0.1, 0.15) is 51.4 Å². The molecule has 1 aliphatic carbocycles. The maximum Gasteiger partial charge on any atom is 0.227 e. The average molecular weight is 281 g/mol. The lowest BCUT2D eigenvalue weighted by Crippen LogP contribution is -2.47. The summed E-state index contributed by atoms with van der Waals surface area (Å²) in [7, 11) is 2.17. The lowest BCUT2D eigenvalue weighted by Gasteiger charge is -2.32. The summed E-state index contributed by atoms with van der Waals surface area (Å²) in [6.45, 7) is 3.66. The summed E-state index contributed by atoms with van der Waals surface area (Å²) in [6.07, 6.45) is 9.16. The Kier molecular flexibility index (Phi) is 5.85. The van der Waals surface area contributed by atoms with Gasteiger partial charge in [0, 0.05) is 13.1 Å². The number of rotatable bonds is 4. The van der Waals surface area contributed by atoms with E-state index >= 15 is 0 Å². The highest BCUT2D eigenvalue weighted by Crippen LogP contribution is 2.34. The van der Waals surface area contributed by atoms with Gasteiger partial charge in [-0.1, -0.05) is 25.7 Å². The molecule has 0 aromatic rings. The van der Waals surface area contributed by atoms with Crippen LogP contribution in [0.3, 0.4) is 0 Å². The van der Waals surface area contributed by atoms with Crippen molar-refractivity contribution in [3.05, 3.63) is 0 Å². The summed E-state index contributed by atoms with van der Waals surface area (Å²) in [4.78, 5) is 15.0. The molecule has 1 heterocycles. The summed E-state index contributed by atoms with van der Waals surface area (Å²) in [5, 5.41) is 3.22. The van der Waals surface area contributed by atoms with E-state index in [4.69, 9.17) is 5.73 Å². The van der Waals surface area contributed by atoms with Gasteiger partial charge in [0.15, 0.2) is 0 Å². The number of hydrogen-bond donors (Lipinski definition) is 2. The molecule has 3 N–H and O–H groups in total. The van der Waals surface area contributed by atoms with Gasteiger partial charge in [0.2, 0.25) is 5.91 Å². The third-order valence-electron chi connectivity index (χ3n) is 5.32. The maximum atomic E-state index is 12.6. The number of carbonyl (C=O) groups is 1. The van der Waals surface area contributed by atoms with Crippen LogP contribution in [0.2, 0.25) is 0 Å². The largest absolute Gasteiger partial charge is 0.355 e. The van der Waals surface area contributed by atoms with E-state index in [-0.39, 0.29) is 11.3 Å². The minimum Gasteiger partial charge on any atom is -0.355 e. The number of nitrogens with two attached hydrogens (primary N) is 1. The second-order valence-electron chi connectivity index (χ2n) is 6.86. The normalized spacial score (nSPS) is 25.1. The molecular weight excluding hydrogens is 250 g/mol. The zero-order valence-electron chi connectivity index (χ0n) is 13.0. The van der Waals surface area contributed by atoms with E-state index in [2.05, 4.69) is 17.3 Å². The SMILES string of the molecule is CN1CCC(CNC(=O)C2(CN)CCCCCC2)CC1. The summed E-state index contributed by atoms with van der Waals surface area (Å²) in [5.41, 5.74) is 5.69. The molecule has 0 atom stereocenters. The van der Waals surface area contributed by atoms with E-state index < -0.39 is 0 Å². The Morgan fingerprint density at radius 3 is 2.35 bits per heavy atom. The molecule has 0 unspecified atom stereocenters. The van der Waals surface area contributed by atoms with Crippen molar-refractivity contribution in [1.82, 2.24) is 10.2 Å². The van der Waals surface area contributed by atoms with Gasteiger partial charge in [0.1, 0.15) is 0 Å². The number of likely N-dealkylation sites (tertiary alicyclic amines) is 1. The summed E-state index contributed by atoms with van der Waals surface area (Å²) >= 11 is 0. The first-order valence-electron chi connectivity index (χ1n) is 8.33. The van der Waals surface area contributed by atoms with Crippen LogP contribution in [0.15, 0.2) is 0 Å². The molecule has 4 nitrogen and oxygen atoms in total. The number of piperidine rings is 1. The number of amides is 1. The highest BCUT2D eigenvalue weighted by molar-refractivity contribution is 5.82. The molecule has 1 saturated carbocycles. The zero-order valence-corrected chi connectivity index (χ0v) is 13.0. The summed E-state index contributed by atoms with van der Waals surface area (Å²) in [5.74, 6) is 0.872. The smallest absolute Gasteiger partial charge is 0.227 e. The molecule has 1 aliphatic heterocycles. The van der Waals surface area contributed by atoms with Crippen LogP contribution in [-0.2, 0) is 4.79 Å². The van der Waals surface area contributed by atoms with Crippen LogP contribution in [0.5, 0.6) is 0 Å². The van der Waals surface area contributed by atoms with Gasteiger partial charge < -0.3 is 16.0 Å². The van der Waals surface area contributed by atoms with Crippen LogP contribution in [0.4, 0.5) is 0 Å². The molecule has 0 radical (unpaired) electrons. The second kappa shape index (κ2) is 7.41. The highest BCUT2D eigenvalue weighted by atomic mass is 16.2. The molecule has 2 rings (SSSR count). The lowest BCUT2D eigenvalue weighted by molar-refractivity contribution is -0.131. The van der Waals surface area contributed by atoms with Crippen molar-refractivity contribution in [2.75, 3.05) is 33.2 Å². The van der Waals surface area contributed by atoms with Crippen LogP contribution in [-0.4, -0.2) is 44.0 Å². The van der Waals surface area contributed by atoms with Crippen molar-refractivity contribution >= 4 is 5.91 Å². The summed E-state index contributed by atoms with van der Waals surface area (Å²) < 4.78 is 0. The van der Waals surface area contributed by atoms with Crippen molar-refractivity contribution < 1.29 is 4.79 Å². The Hall–Kier alpha value is -0.610. The van der Waals surface area contributed by atoms with E-state index in [0.29, 0.717) is 12.5 Å². The van der Waals surface area contributed by atoms with Gasteiger partial charge in [0.05, 0.1) is 5.41 Å². The van der Waals surface area contributed by atoms with Gasteiger partial charge in [-0.25, -0.2) is 0 Å². The predicted molar refractivity (Wildman–Crippen MR) is 82.4 cm³/mol. The first-order chi connectivity index (χ1) is 9.66. The predicted octanol–water partition coefficient (Wildman–Crippen LogP) is 1.74. The minimum atomic E-state index is -0.276. The van der Waals surface area contributed by atoms with Gasteiger partial charge in [0.25, 0.3) is 0 Å². The molecule has 4 heteroatoms. The monoisotopic (exact) mass is 281 g/mol. The topological polar surface area (TPSA) is 58.4 Å². The van der Waals surface area contributed by atoms with E-state index in [9.17, 15) is 4.79 Å². The molecule has 2 fully saturated rings. The summed E-state index contributed by atoms with van der Waals surface area (Å²) in [6, 6.07) is 0. The minimum absolute atomic E-state index is 0.223. The van der Waals surface area contributed by atoms with Crippen molar-refractivity contribution in [2.24, 2.45) is 17.1 Å². The maximum absolute atomic E-state index is 12.6. The molecule has 0 aromatic carbocycles. The van der Waals surface area contributed by atoms with Crippen molar-refractivity contribution in [3.63, 3.8) is 0 Å². The fourth-order valence-corrected chi connectivity index (χ4v) is 3.62. The average Bonchev–Trinajstić information content (AvgIpc) is 2.73. The van der Waals surface area contributed by atoms with Gasteiger partial charge in [-0.05, 0) is 51.7 Å². The van der Waals surface area contributed by atoms with E-state index in [1.54, 1.807) is 0 Å². The first-order valence-corrected chi connectivity index (χ1v) is 8.33. The third-order valence-corrected chi connectivity index (χ3v) is 5.32. The van der Waals surface area contributed by atoms with E-state index in [1.807, 2.05) is 0 Å². The highest BCUT2D eigenvalue weighted by Gasteiger charge is 2.37.